The molecule has 0 aliphatic carbocycles. The normalized spacial score (nSPS) is 12.6. The number of ether oxygens (including phenoxy) is 3. The van der Waals surface area contributed by atoms with Crippen LogP contribution in [-0.2, 0) is 23.8 Å². The molecule has 0 aromatic heterocycles. The maximum Gasteiger partial charge on any atom is 0.306 e. The lowest BCUT2D eigenvalue weighted by Gasteiger charge is -2.18. The van der Waals surface area contributed by atoms with Crippen molar-refractivity contribution >= 4 is 11.9 Å². The van der Waals surface area contributed by atoms with Crippen molar-refractivity contribution < 1.29 is 23.8 Å². The SMILES string of the molecule is CC/C=C\C/C=C\C/C=C\C/C=C\CCCCC(=O)OC(COCCCCCCCC)COC(=O)CCCCCCCCCCCCCCCCCCCCC. The molecule has 0 aromatic rings. The number of carbonyl (C=O) groups excluding carboxylic acids is 2. The number of allylic oxidation sites excluding steroid dienone is 8. The van der Waals surface area contributed by atoms with E-state index >= 15 is 0 Å². The molecule has 0 aliphatic heterocycles. The minimum Gasteiger partial charge on any atom is -0.462 e. The molecule has 1 unspecified atom stereocenters. The van der Waals surface area contributed by atoms with Gasteiger partial charge in [-0.15, -0.1) is 0 Å². The first-order valence-electron chi connectivity index (χ1n) is 24.2. The summed E-state index contributed by atoms with van der Waals surface area (Å²) in [5, 5.41) is 0. The maximum absolute atomic E-state index is 12.7. The standard InChI is InChI=1S/C51H92O5/c1-4-7-10-13-16-18-20-22-24-25-26-27-29-30-32-34-36-38-41-44-50(52)55-48-49(47-54-46-43-40-15-12-9-6-3)56-51(53)45-42-39-37-35-33-31-28-23-21-19-17-14-11-8-5-2/h8,11,17,19,23,28,33,35,49H,4-7,9-10,12-16,18,20-22,24-27,29-32,34,36-48H2,1-3H3/b11-8-,19-17-,28-23-,35-33-. The fourth-order valence-electron chi connectivity index (χ4n) is 6.80. The van der Waals surface area contributed by atoms with Gasteiger partial charge in [-0.2, -0.15) is 0 Å². The number of carbonyl (C=O) groups is 2. The first-order chi connectivity index (χ1) is 27.6. The third-order valence-electron chi connectivity index (χ3n) is 10.4. The molecular formula is C51H92O5. The third kappa shape index (κ3) is 44.6. The van der Waals surface area contributed by atoms with Crippen LogP contribution in [-0.4, -0.2) is 37.9 Å². The van der Waals surface area contributed by atoms with Gasteiger partial charge in [0.05, 0.1) is 6.61 Å². The first kappa shape index (κ1) is 53.9. The summed E-state index contributed by atoms with van der Waals surface area (Å²) in [5.41, 5.74) is 0. The molecule has 5 heteroatoms. The molecule has 0 saturated carbocycles. The second kappa shape index (κ2) is 47.2. The van der Waals surface area contributed by atoms with Crippen molar-refractivity contribution in [2.24, 2.45) is 0 Å². The van der Waals surface area contributed by atoms with Gasteiger partial charge >= 0.3 is 11.9 Å². The van der Waals surface area contributed by atoms with Crippen molar-refractivity contribution in [1.82, 2.24) is 0 Å². The molecule has 0 fully saturated rings. The molecule has 0 saturated heterocycles. The molecule has 0 radical (unpaired) electrons. The zero-order valence-corrected chi connectivity index (χ0v) is 37.4. The number of rotatable bonds is 44. The summed E-state index contributed by atoms with van der Waals surface area (Å²) in [6.45, 7) is 7.65. The molecule has 5 nitrogen and oxygen atoms in total. The van der Waals surface area contributed by atoms with Gasteiger partial charge in [0.1, 0.15) is 6.61 Å². The molecule has 0 N–H and O–H groups in total. The van der Waals surface area contributed by atoms with Crippen LogP contribution in [0.15, 0.2) is 48.6 Å². The van der Waals surface area contributed by atoms with Crippen LogP contribution in [0.3, 0.4) is 0 Å². The molecule has 0 spiro atoms. The summed E-state index contributed by atoms with van der Waals surface area (Å²) < 4.78 is 17.2. The van der Waals surface area contributed by atoms with Crippen LogP contribution in [0.1, 0.15) is 239 Å². The van der Waals surface area contributed by atoms with E-state index < -0.39 is 6.10 Å². The Balaban J connectivity index is 4.10. The van der Waals surface area contributed by atoms with Gasteiger partial charge in [0.15, 0.2) is 6.10 Å². The van der Waals surface area contributed by atoms with Crippen molar-refractivity contribution in [1.29, 1.82) is 0 Å². The maximum atomic E-state index is 12.7. The van der Waals surface area contributed by atoms with Crippen LogP contribution in [0.25, 0.3) is 0 Å². The van der Waals surface area contributed by atoms with Gasteiger partial charge < -0.3 is 14.2 Å². The van der Waals surface area contributed by atoms with Crippen molar-refractivity contribution in [3.63, 3.8) is 0 Å². The molecular weight excluding hydrogens is 693 g/mol. The average molecular weight is 785 g/mol. The molecule has 0 aromatic carbocycles. The molecule has 0 heterocycles. The predicted octanol–water partition coefficient (Wildman–Crippen LogP) is 16.0. The monoisotopic (exact) mass is 785 g/mol. The Bertz CT molecular complexity index is 935. The quantitative estimate of drug-likeness (QED) is 0.0350. The van der Waals surface area contributed by atoms with Gasteiger partial charge in [-0.1, -0.05) is 217 Å². The Morgan fingerprint density at radius 3 is 1.29 bits per heavy atom. The van der Waals surface area contributed by atoms with Crippen LogP contribution in [0.5, 0.6) is 0 Å². The summed E-state index contributed by atoms with van der Waals surface area (Å²) >= 11 is 0. The number of hydrogen-bond donors (Lipinski definition) is 0. The zero-order chi connectivity index (χ0) is 40.7. The van der Waals surface area contributed by atoms with Crippen molar-refractivity contribution in [2.45, 2.75) is 245 Å². The topological polar surface area (TPSA) is 61.8 Å². The number of esters is 2. The van der Waals surface area contributed by atoms with Crippen LogP contribution in [0.2, 0.25) is 0 Å². The van der Waals surface area contributed by atoms with E-state index in [1.54, 1.807) is 0 Å². The number of hydrogen-bond acceptors (Lipinski definition) is 5. The lowest BCUT2D eigenvalue weighted by atomic mass is 10.0. The molecule has 56 heavy (non-hydrogen) atoms. The van der Waals surface area contributed by atoms with Gasteiger partial charge in [0.2, 0.25) is 0 Å². The smallest absolute Gasteiger partial charge is 0.306 e. The van der Waals surface area contributed by atoms with Crippen LogP contribution < -0.4 is 0 Å². The Morgan fingerprint density at radius 1 is 0.411 bits per heavy atom. The van der Waals surface area contributed by atoms with E-state index in [0.29, 0.717) is 19.4 Å². The van der Waals surface area contributed by atoms with Gasteiger partial charge in [-0.25, -0.2) is 0 Å². The number of unbranched alkanes of at least 4 members (excludes halogenated alkanes) is 25. The average Bonchev–Trinajstić information content (AvgIpc) is 3.20. The highest BCUT2D eigenvalue weighted by Crippen LogP contribution is 2.15. The van der Waals surface area contributed by atoms with E-state index in [9.17, 15) is 9.59 Å². The van der Waals surface area contributed by atoms with Crippen molar-refractivity contribution in [2.75, 3.05) is 19.8 Å². The van der Waals surface area contributed by atoms with Gasteiger partial charge in [0.25, 0.3) is 0 Å². The van der Waals surface area contributed by atoms with Crippen LogP contribution in [0.4, 0.5) is 0 Å². The van der Waals surface area contributed by atoms with E-state index in [-0.39, 0.29) is 25.2 Å². The van der Waals surface area contributed by atoms with Crippen LogP contribution in [0, 0.1) is 0 Å². The Hall–Kier alpha value is -2.14. The zero-order valence-electron chi connectivity index (χ0n) is 37.4. The predicted molar refractivity (Wildman–Crippen MR) is 242 cm³/mol. The van der Waals surface area contributed by atoms with Gasteiger partial charge in [-0.3, -0.25) is 9.59 Å². The summed E-state index contributed by atoms with van der Waals surface area (Å²) in [5.74, 6) is -0.440. The molecule has 0 bridgehead atoms. The van der Waals surface area contributed by atoms with Crippen molar-refractivity contribution in [3.8, 4) is 0 Å². The summed E-state index contributed by atoms with van der Waals surface area (Å²) in [6, 6.07) is 0. The van der Waals surface area contributed by atoms with E-state index in [2.05, 4.69) is 69.4 Å². The lowest BCUT2D eigenvalue weighted by Crippen LogP contribution is -2.30. The fraction of sp³-hybridized carbons (Fsp3) is 0.804. The van der Waals surface area contributed by atoms with Crippen LogP contribution >= 0.6 is 0 Å². The minimum absolute atomic E-state index is 0.0716. The minimum atomic E-state index is -0.550. The largest absolute Gasteiger partial charge is 0.462 e. The van der Waals surface area contributed by atoms with Crippen molar-refractivity contribution in [3.05, 3.63) is 48.6 Å². The third-order valence-corrected chi connectivity index (χ3v) is 10.4. The molecule has 1 atom stereocenters. The molecule has 0 aliphatic rings. The molecule has 326 valence electrons. The highest BCUT2D eigenvalue weighted by molar-refractivity contribution is 5.70. The fourth-order valence-corrected chi connectivity index (χ4v) is 6.80. The highest BCUT2D eigenvalue weighted by Gasteiger charge is 2.17. The van der Waals surface area contributed by atoms with E-state index in [1.165, 1.54) is 135 Å². The van der Waals surface area contributed by atoms with E-state index in [0.717, 1.165) is 70.6 Å². The van der Waals surface area contributed by atoms with E-state index in [1.807, 2.05) is 0 Å². The molecule has 0 rings (SSSR count). The lowest BCUT2D eigenvalue weighted by molar-refractivity contribution is -0.163. The van der Waals surface area contributed by atoms with Gasteiger partial charge in [-0.05, 0) is 57.8 Å². The first-order valence-corrected chi connectivity index (χ1v) is 24.2. The summed E-state index contributed by atoms with van der Waals surface area (Å²) in [4.78, 5) is 25.2. The second-order valence-electron chi connectivity index (χ2n) is 16.0. The van der Waals surface area contributed by atoms with Gasteiger partial charge in [0, 0.05) is 19.4 Å². The highest BCUT2D eigenvalue weighted by atomic mass is 16.6. The Kier molecular flexibility index (Phi) is 45.4. The summed E-state index contributed by atoms with van der Waals surface area (Å²) in [7, 11) is 0. The van der Waals surface area contributed by atoms with E-state index in [4.69, 9.17) is 14.2 Å². The second-order valence-corrected chi connectivity index (χ2v) is 16.0. The Labute approximate surface area is 348 Å². The summed E-state index contributed by atoms with van der Waals surface area (Å²) in [6.07, 6.45) is 57.0. The Morgan fingerprint density at radius 2 is 0.804 bits per heavy atom. The molecule has 0 amide bonds.